The average molecular weight is 585 g/mol. The zero-order valence-electron chi connectivity index (χ0n) is 19.4. The Bertz CT molecular complexity index is 1320. The fraction of sp³-hybridized carbons (Fsp3) is 0.706. The molecule has 21 heteroatoms. The Morgan fingerprint density at radius 2 is 1.82 bits per heavy atom. The van der Waals surface area contributed by atoms with Crippen LogP contribution in [0.15, 0.2) is 11.1 Å². The number of aliphatic hydroxyl groups excluding tert-OH is 5. The molecule has 0 radical (unpaired) electrons. The molecule has 1 aliphatic heterocycles. The largest absolute Gasteiger partial charge is 0.756 e. The van der Waals surface area contributed by atoms with Crippen LogP contribution in [0.4, 0.5) is 5.95 Å². The van der Waals surface area contributed by atoms with Crippen LogP contribution < -0.4 is 21.1 Å². The van der Waals surface area contributed by atoms with Crippen LogP contribution in [0.1, 0.15) is 19.6 Å². The van der Waals surface area contributed by atoms with E-state index in [-0.39, 0.29) is 23.5 Å². The first-order chi connectivity index (χ1) is 17.6. The molecule has 0 spiro atoms. The second-order valence-corrected chi connectivity index (χ2v) is 11.8. The summed E-state index contributed by atoms with van der Waals surface area (Å²) in [5, 5.41) is 50.2. The molecule has 38 heavy (non-hydrogen) atoms. The Labute approximate surface area is 212 Å². The van der Waals surface area contributed by atoms with Gasteiger partial charge >= 0.3 is 0 Å². The van der Waals surface area contributed by atoms with Gasteiger partial charge in [0.15, 0.2) is 17.4 Å². The number of hydrogen-bond acceptors (Lipinski definition) is 17. The number of H-pyrrole nitrogens is 1. The lowest BCUT2D eigenvalue weighted by Crippen LogP contribution is -2.53. The summed E-state index contributed by atoms with van der Waals surface area (Å²) < 4.78 is 43.9. The number of hydrogen-bond donors (Lipinski definition) is 7. The topological polar surface area (TPSA) is 308 Å². The molecule has 7 unspecified atom stereocenters. The van der Waals surface area contributed by atoms with Crippen LogP contribution in [-0.4, -0.2) is 94.4 Å². The zero-order valence-corrected chi connectivity index (χ0v) is 21.2. The van der Waals surface area contributed by atoms with Crippen molar-refractivity contribution in [2.45, 2.75) is 62.3 Å². The second kappa shape index (κ2) is 10.6. The highest BCUT2D eigenvalue weighted by molar-refractivity contribution is 7.59. The van der Waals surface area contributed by atoms with Crippen LogP contribution in [0.25, 0.3) is 11.2 Å². The Morgan fingerprint density at radius 3 is 2.50 bits per heavy atom. The number of phosphoric ester groups is 2. The van der Waals surface area contributed by atoms with Gasteiger partial charge < -0.3 is 54.8 Å². The van der Waals surface area contributed by atoms with Crippen LogP contribution in [0.5, 0.6) is 0 Å². The van der Waals surface area contributed by atoms with Crippen molar-refractivity contribution in [2.75, 3.05) is 12.3 Å². The SMILES string of the molecule is CC1C[C@H](OP(=O)([O-])OP(=O)([O-])OC[C@H]2O[C@@H](n3cnc4c(=O)[nH]c(N)nc43)C(O)C2O)C(O)C(O)[C@@H]1O. The van der Waals surface area contributed by atoms with Gasteiger partial charge in [0.05, 0.1) is 25.1 Å². The van der Waals surface area contributed by atoms with Crippen molar-refractivity contribution in [1.29, 1.82) is 0 Å². The molecule has 2 aromatic rings. The van der Waals surface area contributed by atoms with Gasteiger partial charge in [0, 0.05) is 0 Å². The predicted octanol–water partition coefficient (Wildman–Crippen LogP) is -4.20. The van der Waals surface area contributed by atoms with Crippen LogP contribution in [0.3, 0.4) is 0 Å². The molecule has 11 atom stereocenters. The van der Waals surface area contributed by atoms with Crippen molar-refractivity contribution in [3.63, 3.8) is 0 Å². The number of aromatic nitrogens is 4. The summed E-state index contributed by atoms with van der Waals surface area (Å²) in [7, 11) is -11.4. The monoisotopic (exact) mass is 585 g/mol. The van der Waals surface area contributed by atoms with E-state index >= 15 is 0 Å². The number of nitrogens with two attached hydrogens (primary N) is 1. The van der Waals surface area contributed by atoms with Crippen molar-refractivity contribution in [3.05, 3.63) is 16.7 Å². The number of nitrogens with zero attached hydrogens (tertiary/aromatic N) is 3. The van der Waals surface area contributed by atoms with E-state index in [0.717, 1.165) is 10.9 Å². The smallest absolute Gasteiger partial charge is 0.280 e. The number of anilines is 1. The van der Waals surface area contributed by atoms with Crippen LogP contribution in [0, 0.1) is 5.92 Å². The van der Waals surface area contributed by atoms with Gasteiger partial charge in [-0.25, -0.2) is 9.29 Å². The minimum atomic E-state index is -5.69. The molecule has 1 saturated carbocycles. The van der Waals surface area contributed by atoms with Crippen molar-refractivity contribution in [3.8, 4) is 0 Å². The number of aliphatic hydroxyl groups is 5. The molecule has 1 saturated heterocycles. The first-order valence-electron chi connectivity index (χ1n) is 11.0. The van der Waals surface area contributed by atoms with Crippen molar-refractivity contribution in [1.82, 2.24) is 19.5 Å². The molecular weight excluding hydrogens is 560 g/mol. The number of nitrogen functional groups attached to an aromatic ring is 1. The minimum absolute atomic E-state index is 0.108. The van der Waals surface area contributed by atoms with E-state index in [2.05, 4.69) is 28.3 Å². The number of phosphoric acid groups is 2. The summed E-state index contributed by atoms with van der Waals surface area (Å²) in [4.78, 5) is 46.2. The van der Waals surface area contributed by atoms with Crippen LogP contribution >= 0.6 is 15.6 Å². The third-order valence-electron chi connectivity index (χ3n) is 6.19. The highest BCUT2D eigenvalue weighted by atomic mass is 31.3. The maximum Gasteiger partial charge on any atom is 0.280 e. The molecule has 19 nitrogen and oxygen atoms in total. The summed E-state index contributed by atoms with van der Waals surface area (Å²) in [5.41, 5.74) is 4.56. The molecule has 8 N–H and O–H groups in total. The number of nitrogens with one attached hydrogen (secondary N) is 1. The fourth-order valence-electron chi connectivity index (χ4n) is 4.23. The third kappa shape index (κ3) is 5.85. The Morgan fingerprint density at radius 1 is 1.13 bits per heavy atom. The van der Waals surface area contributed by atoms with Crippen molar-refractivity contribution < 1.29 is 62.5 Å². The Kier molecular flexibility index (Phi) is 8.15. The summed E-state index contributed by atoms with van der Waals surface area (Å²) in [5.74, 6) is -0.974. The van der Waals surface area contributed by atoms with E-state index in [0.29, 0.717) is 0 Å². The molecule has 0 bridgehead atoms. The van der Waals surface area contributed by atoms with Gasteiger partial charge in [-0.15, -0.1) is 0 Å². The van der Waals surface area contributed by atoms with E-state index in [4.69, 9.17) is 10.5 Å². The molecule has 0 amide bonds. The number of imidazole rings is 1. The van der Waals surface area contributed by atoms with Crippen molar-refractivity contribution in [2.24, 2.45) is 5.92 Å². The number of aromatic amines is 1. The van der Waals surface area contributed by atoms with Crippen LogP contribution in [-0.2, 0) is 27.2 Å². The molecule has 2 fully saturated rings. The normalized spacial score (nSPS) is 37.2. The molecule has 214 valence electrons. The quantitative estimate of drug-likeness (QED) is 0.144. The maximum atomic E-state index is 12.2. The van der Waals surface area contributed by atoms with Gasteiger partial charge in [0.1, 0.15) is 30.5 Å². The molecule has 4 rings (SSSR count). The lowest BCUT2D eigenvalue weighted by Gasteiger charge is -2.41. The van der Waals surface area contributed by atoms with Gasteiger partial charge in [-0.2, -0.15) is 4.98 Å². The van der Waals surface area contributed by atoms with Crippen LogP contribution in [0.2, 0.25) is 0 Å². The fourth-order valence-corrected chi connectivity index (χ4v) is 6.43. The zero-order chi connectivity index (χ0) is 28.2. The van der Waals surface area contributed by atoms with Gasteiger partial charge in [0.2, 0.25) is 5.95 Å². The lowest BCUT2D eigenvalue weighted by atomic mass is 9.82. The average Bonchev–Trinajstić information content (AvgIpc) is 3.35. The molecular formula is C17H25N5O14P2-2. The molecule has 3 heterocycles. The summed E-state index contributed by atoms with van der Waals surface area (Å²) in [6.07, 6.45) is -12.2. The highest BCUT2D eigenvalue weighted by Crippen LogP contribution is 2.57. The number of ether oxygens (including phenoxy) is 1. The molecule has 2 aromatic heterocycles. The van der Waals surface area contributed by atoms with Gasteiger partial charge in [0.25, 0.3) is 21.2 Å². The third-order valence-corrected chi connectivity index (χ3v) is 8.79. The Balaban J connectivity index is 1.39. The summed E-state index contributed by atoms with van der Waals surface area (Å²) in [6, 6.07) is 0. The van der Waals surface area contributed by atoms with E-state index in [1.54, 1.807) is 0 Å². The second-order valence-electron chi connectivity index (χ2n) is 8.92. The van der Waals surface area contributed by atoms with Gasteiger partial charge in [-0.1, -0.05) is 6.92 Å². The van der Waals surface area contributed by atoms with E-state index in [1.807, 2.05) is 0 Å². The number of fused-ring (bicyclic) bond motifs is 1. The number of rotatable bonds is 8. The van der Waals surface area contributed by atoms with E-state index in [1.165, 1.54) is 6.92 Å². The first-order valence-corrected chi connectivity index (χ1v) is 14.0. The minimum Gasteiger partial charge on any atom is -0.756 e. The van der Waals surface area contributed by atoms with Crippen molar-refractivity contribution >= 4 is 32.8 Å². The molecule has 1 aliphatic carbocycles. The summed E-state index contributed by atoms with van der Waals surface area (Å²) >= 11 is 0. The highest BCUT2D eigenvalue weighted by Gasteiger charge is 2.46. The Hall–Kier alpha value is -1.83. The van der Waals surface area contributed by atoms with E-state index in [9.17, 15) is 49.2 Å². The van der Waals surface area contributed by atoms with E-state index < -0.39 is 82.7 Å². The molecule has 0 aromatic carbocycles. The maximum absolute atomic E-state index is 12.2. The predicted molar refractivity (Wildman–Crippen MR) is 117 cm³/mol. The van der Waals surface area contributed by atoms with Gasteiger partial charge in [-0.05, 0) is 12.3 Å². The first kappa shape index (κ1) is 29.2. The standard InChI is InChI=1S/C17H27N5O14P2/c1-5-2-6(10(24)12(26)9(5)23)35-38(31,32)36-37(29,30)33-3-7-11(25)13(27)16(34-7)22-4-19-8-14(22)20-17(18)21-15(8)28/h4-7,9-13,16,23-27H,2-3H2,1H3,(H,29,30)(H,31,32)(H3,18,20,21,28)/p-2/t5?,6-,7+,9+,10?,11?,12?,13?,16+/m0/s1. The molecule has 2 aliphatic rings. The lowest BCUT2D eigenvalue weighted by molar-refractivity contribution is -0.253. The van der Waals surface area contributed by atoms with Gasteiger partial charge in [-0.3, -0.25) is 23.5 Å². The summed E-state index contributed by atoms with van der Waals surface area (Å²) in [6.45, 7) is 0.421.